The van der Waals surface area contributed by atoms with Gasteiger partial charge in [0.15, 0.2) is 0 Å². The number of rotatable bonds is 34. The second-order valence-corrected chi connectivity index (χ2v) is 15.3. The van der Waals surface area contributed by atoms with Gasteiger partial charge in [0.2, 0.25) is 11.8 Å². The summed E-state index contributed by atoms with van der Waals surface area (Å²) >= 11 is 5.76. The van der Waals surface area contributed by atoms with Crippen molar-refractivity contribution in [3.8, 4) is 0 Å². The number of carbonyl (C=O) groups is 2. The molecule has 2 N–H and O–H groups in total. The number of alkyl halides is 1. The molecular weight excluding hydrogens is 671 g/mol. The van der Waals surface area contributed by atoms with Gasteiger partial charge in [-0.1, -0.05) is 178 Å². The number of hydrogen-bond acceptors (Lipinski definition) is 4. The van der Waals surface area contributed by atoms with E-state index in [0.29, 0.717) is 11.5 Å². The van der Waals surface area contributed by atoms with Gasteiger partial charge in [-0.15, -0.1) is 0 Å². The van der Waals surface area contributed by atoms with E-state index in [1.807, 2.05) is 0 Å². The third-order valence-corrected chi connectivity index (χ3v) is 10.5. The van der Waals surface area contributed by atoms with Gasteiger partial charge in [-0.3, -0.25) is 9.59 Å². The molecule has 7 heteroatoms. The van der Waals surface area contributed by atoms with Gasteiger partial charge in [0.1, 0.15) is 6.17 Å². The van der Waals surface area contributed by atoms with Gasteiger partial charge >= 0.3 is 0 Å². The molecule has 2 amide bonds. The Kier molecular flexibility index (Phi) is 36.2. The second-order valence-electron chi connectivity index (χ2n) is 12.0. The number of hydrogen-bond donors (Lipinski definition) is 2. The first kappa shape index (κ1) is 42.4. The van der Waals surface area contributed by atoms with E-state index in [4.69, 9.17) is 0 Å². The zero-order valence-electron chi connectivity index (χ0n) is 27.8. The maximum absolute atomic E-state index is 12.4. The standard InChI is InChI=1S/C35H69IN2O2S2/c1-3-5-7-9-11-13-15-17-19-21-23-25-29-41-31-34(39)37-33(27-28-36)38-35(40)32-42-30-26-24-22-20-18-16-14-12-10-8-6-4-2/h33H,3-32H2,1-2H3,(H,37,39)(H,38,40). The molecule has 0 heterocycles. The second kappa shape index (κ2) is 35.8. The lowest BCUT2D eigenvalue weighted by Gasteiger charge is -2.19. The molecule has 0 aliphatic rings. The zero-order valence-corrected chi connectivity index (χ0v) is 31.6. The summed E-state index contributed by atoms with van der Waals surface area (Å²) in [5.41, 5.74) is 0. The topological polar surface area (TPSA) is 58.2 Å². The Morgan fingerprint density at radius 1 is 0.500 bits per heavy atom. The maximum Gasteiger partial charge on any atom is 0.231 e. The molecule has 0 aliphatic carbocycles. The summed E-state index contributed by atoms with van der Waals surface area (Å²) in [5.74, 6) is 3.14. The van der Waals surface area contributed by atoms with Crippen LogP contribution in [0.15, 0.2) is 0 Å². The van der Waals surface area contributed by atoms with Gasteiger partial charge in [0, 0.05) is 4.43 Å². The molecule has 250 valence electrons. The van der Waals surface area contributed by atoms with Crippen LogP contribution in [0.4, 0.5) is 0 Å². The Bertz CT molecular complexity index is 537. The predicted octanol–water partition coefficient (Wildman–Crippen LogP) is 11.2. The Hall–Kier alpha value is 0.370. The van der Waals surface area contributed by atoms with E-state index in [9.17, 15) is 9.59 Å². The van der Waals surface area contributed by atoms with Crippen LogP contribution in [0.25, 0.3) is 0 Å². The molecular formula is C35H69IN2O2S2. The zero-order chi connectivity index (χ0) is 30.8. The van der Waals surface area contributed by atoms with Gasteiger partial charge in [-0.25, -0.2) is 0 Å². The SMILES string of the molecule is CCCCCCCCCCCCCCSCC(=O)NC(CCI)NC(=O)CSCCCCCCCCCCCCCC. The van der Waals surface area contributed by atoms with E-state index in [-0.39, 0.29) is 18.0 Å². The lowest BCUT2D eigenvalue weighted by Crippen LogP contribution is -2.49. The molecule has 0 spiro atoms. The molecule has 0 aromatic heterocycles. The van der Waals surface area contributed by atoms with Gasteiger partial charge in [-0.05, 0) is 30.8 Å². The van der Waals surface area contributed by atoms with Crippen molar-refractivity contribution >= 4 is 57.9 Å². The fourth-order valence-electron chi connectivity index (χ4n) is 5.18. The third-order valence-electron chi connectivity index (χ3n) is 7.82. The number of halogens is 1. The molecule has 0 saturated heterocycles. The van der Waals surface area contributed by atoms with Crippen LogP contribution in [0.5, 0.6) is 0 Å². The molecule has 0 fully saturated rings. The van der Waals surface area contributed by atoms with Crippen LogP contribution in [-0.4, -0.2) is 45.4 Å². The van der Waals surface area contributed by atoms with Crippen molar-refractivity contribution in [1.82, 2.24) is 10.6 Å². The summed E-state index contributed by atoms with van der Waals surface area (Å²) in [7, 11) is 0. The number of thioether (sulfide) groups is 2. The molecule has 0 unspecified atom stereocenters. The average molecular weight is 741 g/mol. The molecule has 0 atom stereocenters. The van der Waals surface area contributed by atoms with Crippen molar-refractivity contribution in [2.45, 2.75) is 181 Å². The minimum Gasteiger partial charge on any atom is -0.335 e. The van der Waals surface area contributed by atoms with Crippen LogP contribution in [0.3, 0.4) is 0 Å². The third kappa shape index (κ3) is 33.3. The summed E-state index contributed by atoms with van der Waals surface area (Å²) in [5, 5.41) is 6.08. The first-order valence-corrected chi connectivity index (χ1v) is 21.8. The van der Waals surface area contributed by atoms with E-state index in [1.54, 1.807) is 23.5 Å². The smallest absolute Gasteiger partial charge is 0.231 e. The molecule has 4 nitrogen and oxygen atoms in total. The summed E-state index contributed by atoms with van der Waals surface area (Å²) in [4.78, 5) is 24.9. The van der Waals surface area contributed by atoms with Crippen LogP contribution in [0.2, 0.25) is 0 Å². The molecule has 0 rings (SSSR count). The molecule has 0 aliphatic heterocycles. The lowest BCUT2D eigenvalue weighted by molar-refractivity contribution is -0.121. The fraction of sp³-hybridized carbons (Fsp3) is 0.943. The Labute approximate surface area is 284 Å². The largest absolute Gasteiger partial charge is 0.335 e. The molecule has 0 aromatic carbocycles. The van der Waals surface area contributed by atoms with Crippen LogP contribution in [-0.2, 0) is 9.59 Å². The number of unbranched alkanes of at least 4 members (excludes halogenated alkanes) is 22. The van der Waals surface area contributed by atoms with Crippen molar-refractivity contribution in [2.24, 2.45) is 0 Å². The van der Waals surface area contributed by atoms with Crippen molar-refractivity contribution in [3.05, 3.63) is 0 Å². The van der Waals surface area contributed by atoms with Crippen LogP contribution < -0.4 is 10.6 Å². The van der Waals surface area contributed by atoms with Gasteiger partial charge < -0.3 is 10.6 Å². The van der Waals surface area contributed by atoms with Gasteiger partial charge in [0.05, 0.1) is 11.5 Å². The normalized spacial score (nSPS) is 11.3. The highest BCUT2D eigenvalue weighted by Crippen LogP contribution is 2.15. The van der Waals surface area contributed by atoms with Crippen LogP contribution in [0, 0.1) is 0 Å². The highest BCUT2D eigenvalue weighted by atomic mass is 127. The number of amides is 2. The molecule has 0 bridgehead atoms. The quantitative estimate of drug-likeness (QED) is 0.0299. The highest BCUT2D eigenvalue weighted by molar-refractivity contribution is 14.1. The van der Waals surface area contributed by atoms with Gasteiger partial charge in [-0.2, -0.15) is 23.5 Å². The van der Waals surface area contributed by atoms with E-state index in [0.717, 1.165) is 22.4 Å². The number of carbonyl (C=O) groups excluding carboxylic acids is 2. The first-order chi connectivity index (χ1) is 20.6. The highest BCUT2D eigenvalue weighted by Gasteiger charge is 2.14. The monoisotopic (exact) mass is 740 g/mol. The fourth-order valence-corrected chi connectivity index (χ4v) is 7.45. The Morgan fingerprint density at radius 3 is 1.07 bits per heavy atom. The molecule has 0 radical (unpaired) electrons. The summed E-state index contributed by atoms with van der Waals surface area (Å²) < 4.78 is 0.904. The summed E-state index contributed by atoms with van der Waals surface area (Å²) in [6.45, 7) is 4.55. The van der Waals surface area contributed by atoms with Crippen molar-refractivity contribution < 1.29 is 9.59 Å². The summed E-state index contributed by atoms with van der Waals surface area (Å²) in [6.07, 6.45) is 33.1. The molecule has 42 heavy (non-hydrogen) atoms. The number of nitrogens with one attached hydrogen (secondary N) is 2. The minimum absolute atomic E-state index is 0.0400. The molecule has 0 saturated carbocycles. The predicted molar refractivity (Wildman–Crippen MR) is 200 cm³/mol. The Morgan fingerprint density at radius 2 is 0.786 bits per heavy atom. The van der Waals surface area contributed by atoms with Crippen molar-refractivity contribution in [1.29, 1.82) is 0 Å². The van der Waals surface area contributed by atoms with Crippen LogP contribution >= 0.6 is 46.1 Å². The maximum atomic E-state index is 12.4. The summed E-state index contributed by atoms with van der Waals surface area (Å²) in [6, 6.07) is 0. The molecule has 0 aromatic rings. The van der Waals surface area contributed by atoms with Crippen molar-refractivity contribution in [2.75, 3.05) is 27.4 Å². The van der Waals surface area contributed by atoms with E-state index in [2.05, 4.69) is 47.1 Å². The van der Waals surface area contributed by atoms with Crippen molar-refractivity contribution in [3.63, 3.8) is 0 Å². The first-order valence-electron chi connectivity index (χ1n) is 17.9. The Balaban J connectivity index is 3.63. The van der Waals surface area contributed by atoms with E-state index < -0.39 is 0 Å². The van der Waals surface area contributed by atoms with Gasteiger partial charge in [0.25, 0.3) is 0 Å². The van der Waals surface area contributed by atoms with E-state index in [1.165, 1.54) is 154 Å². The minimum atomic E-state index is -0.249. The van der Waals surface area contributed by atoms with Crippen LogP contribution in [0.1, 0.15) is 174 Å². The van der Waals surface area contributed by atoms with E-state index >= 15 is 0 Å². The lowest BCUT2D eigenvalue weighted by atomic mass is 10.1. The average Bonchev–Trinajstić information content (AvgIpc) is 2.97.